The first-order valence-electron chi connectivity index (χ1n) is 14.3. The number of halogens is 3. The lowest BCUT2D eigenvalue weighted by Gasteiger charge is -2.40. The first-order valence-corrected chi connectivity index (χ1v) is 15.8. The topological polar surface area (TPSA) is 83.9 Å². The van der Waals surface area contributed by atoms with E-state index in [-0.39, 0.29) is 44.6 Å². The zero-order chi connectivity index (χ0) is 29.1. The molecule has 3 rings (SSSR count). The number of carboxylic acid groups (broad SMARTS) is 1. The predicted octanol–water partition coefficient (Wildman–Crippen LogP) is 7.38. The highest BCUT2D eigenvalue weighted by atomic mass is 32.2. The Bertz CT molecular complexity index is 1090. The van der Waals surface area contributed by atoms with Gasteiger partial charge in [0.15, 0.2) is 0 Å². The zero-order valence-electron chi connectivity index (χ0n) is 23.7. The molecular weight excluding hydrogens is 531 g/mol. The Morgan fingerprint density at radius 3 is 2.41 bits per heavy atom. The molecule has 2 aliphatic rings. The third-order valence-electron chi connectivity index (χ3n) is 8.67. The molecule has 0 amide bonds. The Morgan fingerprint density at radius 1 is 1.15 bits per heavy atom. The minimum atomic E-state index is -4.44. The van der Waals surface area contributed by atoms with Crippen molar-refractivity contribution in [3.8, 4) is 5.75 Å². The molecule has 1 N–H and O–H groups in total. The molecule has 222 valence electrons. The van der Waals surface area contributed by atoms with Gasteiger partial charge in [-0.2, -0.15) is 13.2 Å². The number of anilines is 1. The van der Waals surface area contributed by atoms with Crippen LogP contribution in [0.4, 0.5) is 18.9 Å². The Hall–Kier alpha value is -1.97. The van der Waals surface area contributed by atoms with Gasteiger partial charge in [0.25, 0.3) is 0 Å². The molecule has 0 spiro atoms. The molecule has 0 aromatic heterocycles. The summed E-state index contributed by atoms with van der Waals surface area (Å²) < 4.78 is 75.9. The molecule has 1 fully saturated rings. The molecule has 5 atom stereocenters. The molecule has 0 radical (unpaired) electrons. The van der Waals surface area contributed by atoms with Gasteiger partial charge in [-0.1, -0.05) is 53.5 Å². The monoisotopic (exact) mass is 575 g/mol. The van der Waals surface area contributed by atoms with Crippen LogP contribution in [0.5, 0.6) is 5.75 Å². The first kappa shape index (κ1) is 31.6. The van der Waals surface area contributed by atoms with Gasteiger partial charge in [0.2, 0.25) is 10.0 Å². The van der Waals surface area contributed by atoms with Crippen LogP contribution in [0.2, 0.25) is 0 Å². The van der Waals surface area contributed by atoms with Crippen LogP contribution in [-0.4, -0.2) is 43.6 Å². The van der Waals surface area contributed by atoms with E-state index in [1.54, 1.807) is 6.07 Å². The number of hydrogen-bond acceptors (Lipinski definition) is 4. The van der Waals surface area contributed by atoms with Gasteiger partial charge in [0.1, 0.15) is 11.9 Å². The molecule has 6 nitrogen and oxygen atoms in total. The number of hydrogen-bond donors (Lipinski definition) is 1. The summed E-state index contributed by atoms with van der Waals surface area (Å²) in [6.45, 7) is 10.8. The minimum absolute atomic E-state index is 0.0644. The fourth-order valence-electron chi connectivity index (χ4n) is 6.16. The van der Waals surface area contributed by atoms with E-state index >= 15 is 0 Å². The number of carbonyl (C=O) groups is 1. The van der Waals surface area contributed by atoms with Gasteiger partial charge in [-0.15, -0.1) is 0 Å². The molecule has 0 bridgehead atoms. The van der Waals surface area contributed by atoms with E-state index in [2.05, 4.69) is 34.6 Å². The highest BCUT2D eigenvalue weighted by Gasteiger charge is 2.47. The highest BCUT2D eigenvalue weighted by molar-refractivity contribution is 7.93. The standard InChI is InChI=1S/C29H44F3NO5S/c1-6-20(18(2)3)14-25(19(4)5)21-10-12-27-26(15-21)33(17-23(38-27)11-13-28(34)35)39(36,37)24-9-7-8-22(16-24)29(30,31)32/h10,12,15,18-20,22-25H,6-9,11,13-14,16-17H2,1-5H3,(H,34,35)/t20?,22-,23-,24?,25?/m0/s1. The van der Waals surface area contributed by atoms with Gasteiger partial charge in [-0.25, -0.2) is 8.42 Å². The van der Waals surface area contributed by atoms with Crippen LogP contribution in [0.25, 0.3) is 0 Å². The van der Waals surface area contributed by atoms with Gasteiger partial charge in [-0.05, 0) is 73.5 Å². The molecule has 3 unspecified atom stereocenters. The van der Waals surface area contributed by atoms with Crippen molar-refractivity contribution in [1.82, 2.24) is 0 Å². The van der Waals surface area contributed by atoms with Crippen molar-refractivity contribution in [3.05, 3.63) is 23.8 Å². The van der Waals surface area contributed by atoms with Crippen molar-refractivity contribution >= 4 is 21.7 Å². The number of rotatable bonds is 11. The smallest absolute Gasteiger partial charge is 0.391 e. The molecule has 1 aromatic rings. The Kier molecular flexibility index (Phi) is 10.3. The summed E-state index contributed by atoms with van der Waals surface area (Å²) in [5.41, 5.74) is 1.32. The van der Waals surface area contributed by atoms with Crippen LogP contribution >= 0.6 is 0 Å². The number of sulfonamides is 1. The zero-order valence-corrected chi connectivity index (χ0v) is 24.5. The predicted molar refractivity (Wildman–Crippen MR) is 147 cm³/mol. The van der Waals surface area contributed by atoms with E-state index in [4.69, 9.17) is 9.84 Å². The molecule has 1 saturated carbocycles. The Labute approximate surface area is 231 Å². The summed E-state index contributed by atoms with van der Waals surface area (Å²) in [6.07, 6.45) is -3.44. The van der Waals surface area contributed by atoms with Crippen molar-refractivity contribution in [1.29, 1.82) is 0 Å². The van der Waals surface area contributed by atoms with Gasteiger partial charge in [0, 0.05) is 6.42 Å². The molecule has 39 heavy (non-hydrogen) atoms. The second-order valence-corrected chi connectivity index (χ2v) is 14.1. The fourth-order valence-corrected chi connectivity index (χ4v) is 8.25. The average molecular weight is 576 g/mol. The first-order chi connectivity index (χ1) is 18.1. The summed E-state index contributed by atoms with van der Waals surface area (Å²) in [7, 11) is -4.16. The minimum Gasteiger partial charge on any atom is -0.486 e. The van der Waals surface area contributed by atoms with Gasteiger partial charge >= 0.3 is 12.1 Å². The van der Waals surface area contributed by atoms with Crippen molar-refractivity contribution in [2.75, 3.05) is 10.8 Å². The van der Waals surface area contributed by atoms with Crippen LogP contribution in [0.1, 0.15) is 97.5 Å². The second kappa shape index (κ2) is 12.7. The van der Waals surface area contributed by atoms with Gasteiger partial charge in [-0.3, -0.25) is 9.10 Å². The average Bonchev–Trinajstić information content (AvgIpc) is 2.86. The van der Waals surface area contributed by atoms with E-state index < -0.39 is 45.9 Å². The molecular formula is C29H44F3NO5S. The normalized spacial score (nSPS) is 23.8. The molecule has 1 heterocycles. The summed E-state index contributed by atoms with van der Waals surface area (Å²) in [5.74, 6) is -0.896. The summed E-state index contributed by atoms with van der Waals surface area (Å²) in [4.78, 5) is 11.2. The highest BCUT2D eigenvalue weighted by Crippen LogP contribution is 2.45. The number of ether oxygens (including phenoxy) is 1. The fraction of sp³-hybridized carbons (Fsp3) is 0.759. The number of benzene rings is 1. The number of nitrogens with zero attached hydrogens (tertiary/aromatic N) is 1. The van der Waals surface area contributed by atoms with E-state index in [0.717, 1.165) is 18.4 Å². The van der Waals surface area contributed by atoms with Gasteiger partial charge in [0.05, 0.1) is 23.4 Å². The maximum absolute atomic E-state index is 14.0. The summed E-state index contributed by atoms with van der Waals surface area (Å²) in [5, 5.41) is 8.01. The third-order valence-corrected chi connectivity index (χ3v) is 10.9. The van der Waals surface area contributed by atoms with E-state index in [9.17, 15) is 26.4 Å². The quantitative estimate of drug-likeness (QED) is 0.298. The van der Waals surface area contributed by atoms with E-state index in [0.29, 0.717) is 29.2 Å². The second-order valence-electron chi connectivity index (χ2n) is 12.0. The molecule has 10 heteroatoms. The maximum atomic E-state index is 14.0. The van der Waals surface area contributed by atoms with Crippen molar-refractivity contribution in [2.24, 2.45) is 23.7 Å². The SMILES string of the molecule is CCC(CC(c1ccc2c(c1)N(S(=O)(=O)C1CCC[C@H](C(F)(F)F)C1)C[C@H](CCC(=O)O)O2)C(C)C)C(C)C. The molecule has 1 aliphatic heterocycles. The van der Waals surface area contributed by atoms with Crippen LogP contribution in [-0.2, 0) is 14.8 Å². The molecule has 1 aromatic carbocycles. The molecule has 0 saturated heterocycles. The third kappa shape index (κ3) is 7.61. The molecule has 1 aliphatic carbocycles. The largest absolute Gasteiger partial charge is 0.486 e. The lowest BCUT2D eigenvalue weighted by molar-refractivity contribution is -0.181. The van der Waals surface area contributed by atoms with Crippen LogP contribution in [0.3, 0.4) is 0 Å². The van der Waals surface area contributed by atoms with Crippen LogP contribution in [0, 0.1) is 23.7 Å². The van der Waals surface area contributed by atoms with E-state index in [1.807, 2.05) is 12.1 Å². The lowest BCUT2D eigenvalue weighted by atomic mass is 9.77. The van der Waals surface area contributed by atoms with E-state index in [1.165, 1.54) is 4.31 Å². The van der Waals surface area contributed by atoms with Gasteiger partial charge < -0.3 is 9.84 Å². The maximum Gasteiger partial charge on any atom is 0.391 e. The number of alkyl halides is 3. The van der Waals surface area contributed by atoms with Crippen LogP contribution in [0.15, 0.2) is 18.2 Å². The van der Waals surface area contributed by atoms with Crippen LogP contribution < -0.4 is 9.04 Å². The lowest BCUT2D eigenvalue weighted by Crippen LogP contribution is -2.49. The van der Waals surface area contributed by atoms with Crippen molar-refractivity contribution < 1.29 is 36.2 Å². The Morgan fingerprint density at radius 2 is 1.85 bits per heavy atom. The number of carboxylic acids is 1. The number of fused-ring (bicyclic) bond motifs is 1. The van der Waals surface area contributed by atoms with Crippen molar-refractivity contribution in [3.63, 3.8) is 0 Å². The Balaban J connectivity index is 2.02. The number of aliphatic carboxylic acids is 1. The summed E-state index contributed by atoms with van der Waals surface area (Å²) in [6, 6.07) is 5.52. The van der Waals surface area contributed by atoms with Crippen molar-refractivity contribution in [2.45, 2.75) is 109 Å². The summed E-state index contributed by atoms with van der Waals surface area (Å²) >= 11 is 0.